The SMILES string of the molecule is CCC(CCC(=O)N[C@@H](CC)C(=O)O)NC(=O)OCC1c2ccccc2-c2ccccc21. The summed E-state index contributed by atoms with van der Waals surface area (Å²) in [5.74, 6) is -1.40. The number of aliphatic carboxylic acids is 1. The highest BCUT2D eigenvalue weighted by molar-refractivity contribution is 5.83. The first kappa shape index (κ1) is 23.3. The van der Waals surface area contributed by atoms with Crippen LogP contribution in [0.15, 0.2) is 48.5 Å². The summed E-state index contributed by atoms with van der Waals surface area (Å²) in [6.45, 7) is 3.85. The maximum absolute atomic E-state index is 12.4. The average Bonchev–Trinajstić information content (AvgIpc) is 3.12. The number of hydrogen-bond donors (Lipinski definition) is 3. The summed E-state index contributed by atoms with van der Waals surface area (Å²) < 4.78 is 5.56. The Bertz CT molecular complexity index is 929. The van der Waals surface area contributed by atoms with Crippen LogP contribution in [0.5, 0.6) is 0 Å². The Balaban J connectivity index is 1.52. The van der Waals surface area contributed by atoms with Crippen LogP contribution in [0.3, 0.4) is 0 Å². The van der Waals surface area contributed by atoms with Gasteiger partial charge in [0.15, 0.2) is 0 Å². The van der Waals surface area contributed by atoms with Gasteiger partial charge in [0, 0.05) is 18.4 Å². The van der Waals surface area contributed by atoms with Gasteiger partial charge in [0.1, 0.15) is 12.6 Å². The molecule has 1 aliphatic carbocycles. The Labute approximate surface area is 188 Å². The zero-order chi connectivity index (χ0) is 23.1. The van der Waals surface area contributed by atoms with Crippen molar-refractivity contribution in [1.82, 2.24) is 10.6 Å². The van der Waals surface area contributed by atoms with Gasteiger partial charge in [-0.25, -0.2) is 9.59 Å². The van der Waals surface area contributed by atoms with Crippen molar-refractivity contribution >= 4 is 18.0 Å². The van der Waals surface area contributed by atoms with E-state index in [0.29, 0.717) is 19.3 Å². The van der Waals surface area contributed by atoms with Gasteiger partial charge in [0.2, 0.25) is 5.91 Å². The topological polar surface area (TPSA) is 105 Å². The maximum Gasteiger partial charge on any atom is 0.407 e. The quantitative estimate of drug-likeness (QED) is 0.519. The summed E-state index contributed by atoms with van der Waals surface area (Å²) >= 11 is 0. The summed E-state index contributed by atoms with van der Waals surface area (Å²) in [5.41, 5.74) is 4.63. The summed E-state index contributed by atoms with van der Waals surface area (Å²) in [4.78, 5) is 35.5. The lowest BCUT2D eigenvalue weighted by molar-refractivity contribution is -0.141. The lowest BCUT2D eigenvalue weighted by atomic mass is 9.98. The van der Waals surface area contributed by atoms with Gasteiger partial charge in [0.25, 0.3) is 0 Å². The van der Waals surface area contributed by atoms with Gasteiger partial charge < -0.3 is 20.5 Å². The van der Waals surface area contributed by atoms with Gasteiger partial charge >= 0.3 is 12.1 Å². The number of carboxylic acid groups (broad SMARTS) is 1. The lowest BCUT2D eigenvalue weighted by Gasteiger charge is -2.19. The molecule has 2 amide bonds. The number of amides is 2. The van der Waals surface area contributed by atoms with Crippen molar-refractivity contribution in [3.05, 3.63) is 59.7 Å². The molecule has 2 aromatic carbocycles. The van der Waals surface area contributed by atoms with E-state index in [1.54, 1.807) is 6.92 Å². The molecule has 0 bridgehead atoms. The molecule has 1 unspecified atom stereocenters. The van der Waals surface area contributed by atoms with Gasteiger partial charge in [-0.1, -0.05) is 62.4 Å². The van der Waals surface area contributed by atoms with E-state index in [2.05, 4.69) is 34.9 Å². The smallest absolute Gasteiger partial charge is 0.407 e. The highest BCUT2D eigenvalue weighted by atomic mass is 16.5. The van der Waals surface area contributed by atoms with Crippen LogP contribution < -0.4 is 10.6 Å². The van der Waals surface area contributed by atoms with Crippen molar-refractivity contribution in [1.29, 1.82) is 0 Å². The molecule has 3 rings (SSSR count). The summed E-state index contributed by atoms with van der Waals surface area (Å²) in [7, 11) is 0. The Morgan fingerprint density at radius 2 is 1.53 bits per heavy atom. The largest absolute Gasteiger partial charge is 0.480 e. The van der Waals surface area contributed by atoms with Gasteiger partial charge in [-0.3, -0.25) is 4.79 Å². The molecular weight excluding hydrogens is 408 g/mol. The van der Waals surface area contributed by atoms with Gasteiger partial charge in [-0.05, 0) is 41.5 Å². The molecule has 2 aromatic rings. The van der Waals surface area contributed by atoms with E-state index in [1.807, 2.05) is 31.2 Å². The second-order valence-electron chi connectivity index (χ2n) is 7.98. The summed E-state index contributed by atoms with van der Waals surface area (Å²) in [5, 5.41) is 14.4. The zero-order valence-electron chi connectivity index (χ0n) is 18.5. The van der Waals surface area contributed by atoms with Crippen LogP contribution in [0, 0.1) is 0 Å². The molecule has 0 spiro atoms. The molecule has 1 aliphatic rings. The standard InChI is InChI=1S/C25H30N2O5/c1-3-16(13-14-23(28)27-22(4-2)24(29)30)26-25(31)32-15-21-19-11-7-5-9-17(19)18-10-6-8-12-20(18)21/h5-12,16,21-22H,3-4,13-15H2,1-2H3,(H,26,31)(H,27,28)(H,29,30)/t16?,22-/m0/s1. The third-order valence-corrected chi connectivity index (χ3v) is 5.92. The molecule has 0 fully saturated rings. The van der Waals surface area contributed by atoms with Crippen molar-refractivity contribution in [3.8, 4) is 11.1 Å². The third kappa shape index (κ3) is 5.46. The van der Waals surface area contributed by atoms with E-state index in [9.17, 15) is 14.4 Å². The van der Waals surface area contributed by atoms with Gasteiger partial charge in [0.05, 0.1) is 0 Å². The van der Waals surface area contributed by atoms with E-state index >= 15 is 0 Å². The molecule has 0 radical (unpaired) electrons. The number of alkyl carbamates (subject to hydrolysis) is 1. The van der Waals surface area contributed by atoms with Crippen molar-refractivity contribution in [2.45, 2.75) is 57.5 Å². The molecule has 7 nitrogen and oxygen atoms in total. The molecular formula is C25H30N2O5. The number of ether oxygens (including phenoxy) is 1. The molecule has 170 valence electrons. The van der Waals surface area contributed by atoms with E-state index in [1.165, 1.54) is 11.1 Å². The lowest BCUT2D eigenvalue weighted by Crippen LogP contribution is -2.41. The molecule has 32 heavy (non-hydrogen) atoms. The monoisotopic (exact) mass is 438 g/mol. The number of benzene rings is 2. The summed E-state index contributed by atoms with van der Waals surface area (Å²) in [6, 6.07) is 15.2. The normalized spacial score (nSPS) is 14.1. The minimum atomic E-state index is -1.05. The van der Waals surface area contributed by atoms with Crippen LogP contribution in [0.2, 0.25) is 0 Å². The van der Waals surface area contributed by atoms with E-state index in [-0.39, 0.29) is 30.9 Å². The number of carboxylic acids is 1. The van der Waals surface area contributed by atoms with Crippen molar-refractivity contribution in [3.63, 3.8) is 0 Å². The molecule has 0 saturated carbocycles. The second kappa shape index (κ2) is 10.8. The molecule has 2 atom stereocenters. The Hall–Kier alpha value is -3.35. The maximum atomic E-state index is 12.4. The third-order valence-electron chi connectivity index (χ3n) is 5.92. The van der Waals surface area contributed by atoms with Crippen LogP contribution in [-0.2, 0) is 14.3 Å². The van der Waals surface area contributed by atoms with Crippen LogP contribution >= 0.6 is 0 Å². The molecule has 3 N–H and O–H groups in total. The number of fused-ring (bicyclic) bond motifs is 3. The first-order chi connectivity index (χ1) is 15.4. The van der Waals surface area contributed by atoms with Gasteiger partial charge in [-0.2, -0.15) is 0 Å². The fourth-order valence-electron chi connectivity index (χ4n) is 4.10. The fourth-order valence-corrected chi connectivity index (χ4v) is 4.10. The number of rotatable bonds is 10. The Kier molecular flexibility index (Phi) is 7.87. The predicted molar refractivity (Wildman–Crippen MR) is 121 cm³/mol. The first-order valence-corrected chi connectivity index (χ1v) is 11.1. The van der Waals surface area contributed by atoms with Crippen LogP contribution in [-0.4, -0.2) is 41.8 Å². The number of hydrogen-bond acceptors (Lipinski definition) is 4. The van der Waals surface area contributed by atoms with Crippen molar-refractivity contribution < 1.29 is 24.2 Å². The molecule has 0 aliphatic heterocycles. The molecule has 7 heteroatoms. The number of carbonyl (C=O) groups excluding carboxylic acids is 2. The van der Waals surface area contributed by atoms with Crippen LogP contribution in [0.1, 0.15) is 56.6 Å². The number of nitrogens with one attached hydrogen (secondary N) is 2. The fraction of sp³-hybridized carbons (Fsp3) is 0.400. The summed E-state index contributed by atoms with van der Waals surface area (Å²) in [6.07, 6.45) is 0.967. The van der Waals surface area contributed by atoms with E-state index in [0.717, 1.165) is 11.1 Å². The van der Waals surface area contributed by atoms with Crippen molar-refractivity contribution in [2.75, 3.05) is 6.61 Å². The number of carbonyl (C=O) groups is 3. The highest BCUT2D eigenvalue weighted by Crippen LogP contribution is 2.44. The predicted octanol–water partition coefficient (Wildman–Crippen LogP) is 4.06. The second-order valence-corrected chi connectivity index (χ2v) is 7.98. The minimum absolute atomic E-state index is 0.0130. The minimum Gasteiger partial charge on any atom is -0.480 e. The Morgan fingerprint density at radius 3 is 2.06 bits per heavy atom. The van der Waals surface area contributed by atoms with Gasteiger partial charge in [-0.15, -0.1) is 0 Å². The Morgan fingerprint density at radius 1 is 0.938 bits per heavy atom. The van der Waals surface area contributed by atoms with Crippen molar-refractivity contribution in [2.24, 2.45) is 0 Å². The molecule has 0 aromatic heterocycles. The van der Waals surface area contributed by atoms with Crippen LogP contribution in [0.4, 0.5) is 4.79 Å². The first-order valence-electron chi connectivity index (χ1n) is 11.1. The zero-order valence-corrected chi connectivity index (χ0v) is 18.5. The average molecular weight is 439 g/mol. The molecule has 0 heterocycles. The van der Waals surface area contributed by atoms with Crippen LogP contribution in [0.25, 0.3) is 11.1 Å². The van der Waals surface area contributed by atoms with E-state index in [4.69, 9.17) is 9.84 Å². The highest BCUT2D eigenvalue weighted by Gasteiger charge is 2.29. The molecule has 0 saturated heterocycles. The van der Waals surface area contributed by atoms with E-state index < -0.39 is 18.1 Å².